The molecule has 1 heterocycles. The van der Waals surface area contributed by atoms with Gasteiger partial charge in [0.05, 0.1) is 6.54 Å². The summed E-state index contributed by atoms with van der Waals surface area (Å²) < 4.78 is 9.98. The quantitative estimate of drug-likeness (QED) is 0.649. The van der Waals surface area contributed by atoms with Crippen LogP contribution in [0.3, 0.4) is 0 Å². The molecule has 0 aromatic carbocycles. The summed E-state index contributed by atoms with van der Waals surface area (Å²) in [6.07, 6.45) is -0.603. The number of hydrogen-bond acceptors (Lipinski definition) is 4. The van der Waals surface area contributed by atoms with Gasteiger partial charge >= 0.3 is 12.1 Å². The Hall–Kier alpha value is -1.26. The van der Waals surface area contributed by atoms with Crippen molar-refractivity contribution in [3.63, 3.8) is 0 Å². The zero-order valence-corrected chi connectivity index (χ0v) is 9.57. The molecule has 0 N–H and O–H groups in total. The molecule has 0 unspecified atom stereocenters. The van der Waals surface area contributed by atoms with Crippen molar-refractivity contribution in [1.82, 2.24) is 4.90 Å². The van der Waals surface area contributed by atoms with Gasteiger partial charge in [0.15, 0.2) is 0 Å². The van der Waals surface area contributed by atoms with E-state index >= 15 is 0 Å². The van der Waals surface area contributed by atoms with E-state index in [0.717, 1.165) is 0 Å². The van der Waals surface area contributed by atoms with Gasteiger partial charge in [-0.1, -0.05) is 0 Å². The molecular weight excluding hydrogens is 198 g/mol. The van der Waals surface area contributed by atoms with Crippen LogP contribution < -0.4 is 0 Å². The van der Waals surface area contributed by atoms with E-state index in [9.17, 15) is 9.59 Å². The Morgan fingerprint density at radius 1 is 1.60 bits per heavy atom. The second-order valence-corrected chi connectivity index (χ2v) is 4.66. The van der Waals surface area contributed by atoms with Crippen LogP contribution in [0.5, 0.6) is 0 Å². The van der Waals surface area contributed by atoms with Crippen LogP contribution in [0, 0.1) is 0 Å². The first kappa shape index (κ1) is 11.8. The molecule has 1 aliphatic rings. The minimum atomic E-state index is -0.521. The van der Waals surface area contributed by atoms with Gasteiger partial charge < -0.3 is 9.47 Å². The van der Waals surface area contributed by atoms with Crippen LogP contribution >= 0.6 is 0 Å². The molecule has 5 nitrogen and oxygen atoms in total. The van der Waals surface area contributed by atoms with Crippen molar-refractivity contribution in [2.75, 3.05) is 13.1 Å². The zero-order valence-electron chi connectivity index (χ0n) is 9.57. The van der Waals surface area contributed by atoms with Gasteiger partial charge in [-0.25, -0.2) is 4.79 Å². The number of rotatable bonds is 2. The van der Waals surface area contributed by atoms with Gasteiger partial charge in [-0.3, -0.25) is 9.69 Å². The van der Waals surface area contributed by atoms with E-state index in [1.165, 1.54) is 4.90 Å². The first-order chi connectivity index (χ1) is 6.78. The third-order valence-corrected chi connectivity index (χ3v) is 1.78. The van der Waals surface area contributed by atoms with Crippen molar-refractivity contribution in [2.45, 2.75) is 39.4 Å². The van der Waals surface area contributed by atoms with E-state index in [1.807, 2.05) is 0 Å². The SMILES string of the molecule is C[C@@H]1CN(CC(=O)OC(C)(C)C)C(=O)O1. The van der Waals surface area contributed by atoms with Crippen molar-refractivity contribution in [3.05, 3.63) is 0 Å². The number of esters is 1. The van der Waals surface area contributed by atoms with Gasteiger partial charge in [0.2, 0.25) is 0 Å². The molecule has 0 aromatic heterocycles. The fourth-order valence-electron chi connectivity index (χ4n) is 1.33. The number of carbonyl (C=O) groups excluding carboxylic acids is 2. The Morgan fingerprint density at radius 3 is 2.60 bits per heavy atom. The highest BCUT2D eigenvalue weighted by molar-refractivity contribution is 5.79. The normalized spacial score (nSPS) is 21.5. The lowest BCUT2D eigenvalue weighted by Gasteiger charge is -2.21. The molecule has 0 aliphatic carbocycles. The molecule has 1 amide bonds. The predicted molar refractivity (Wildman–Crippen MR) is 53.4 cm³/mol. The number of cyclic esters (lactones) is 1. The van der Waals surface area contributed by atoms with Crippen LogP contribution in [-0.2, 0) is 14.3 Å². The molecule has 0 aromatic rings. The van der Waals surface area contributed by atoms with E-state index in [4.69, 9.17) is 9.47 Å². The number of amides is 1. The van der Waals surface area contributed by atoms with E-state index in [1.54, 1.807) is 27.7 Å². The summed E-state index contributed by atoms with van der Waals surface area (Å²) in [5, 5.41) is 0. The third kappa shape index (κ3) is 3.77. The summed E-state index contributed by atoms with van der Waals surface area (Å²) in [6, 6.07) is 0. The third-order valence-electron chi connectivity index (χ3n) is 1.78. The van der Waals surface area contributed by atoms with Gasteiger partial charge in [0, 0.05) is 0 Å². The van der Waals surface area contributed by atoms with Gasteiger partial charge in [-0.05, 0) is 27.7 Å². The molecule has 1 atom stereocenters. The van der Waals surface area contributed by atoms with Crippen LogP contribution in [0.15, 0.2) is 0 Å². The molecule has 0 saturated carbocycles. The van der Waals surface area contributed by atoms with Crippen LogP contribution in [-0.4, -0.2) is 41.8 Å². The topological polar surface area (TPSA) is 55.8 Å². The van der Waals surface area contributed by atoms with E-state index in [-0.39, 0.29) is 12.6 Å². The van der Waals surface area contributed by atoms with Crippen LogP contribution in [0.2, 0.25) is 0 Å². The number of nitrogens with zero attached hydrogens (tertiary/aromatic N) is 1. The number of ether oxygens (including phenoxy) is 2. The van der Waals surface area contributed by atoms with Crippen molar-refractivity contribution in [2.24, 2.45) is 0 Å². The molecule has 5 heteroatoms. The van der Waals surface area contributed by atoms with E-state index in [0.29, 0.717) is 6.54 Å². The summed E-state index contributed by atoms with van der Waals surface area (Å²) in [5.74, 6) is -0.409. The molecule has 1 saturated heterocycles. The molecule has 1 rings (SSSR count). The lowest BCUT2D eigenvalue weighted by Crippen LogP contribution is -2.35. The Kier molecular flexibility index (Phi) is 3.21. The molecule has 15 heavy (non-hydrogen) atoms. The fourth-order valence-corrected chi connectivity index (χ4v) is 1.33. The Bertz CT molecular complexity index is 269. The Labute approximate surface area is 89.3 Å². The van der Waals surface area contributed by atoms with Gasteiger partial charge in [-0.15, -0.1) is 0 Å². The van der Waals surface area contributed by atoms with Crippen LogP contribution in [0.1, 0.15) is 27.7 Å². The van der Waals surface area contributed by atoms with Gasteiger partial charge in [0.1, 0.15) is 18.2 Å². The maximum Gasteiger partial charge on any atom is 0.410 e. The van der Waals surface area contributed by atoms with Crippen molar-refractivity contribution in [3.8, 4) is 0 Å². The largest absolute Gasteiger partial charge is 0.459 e. The van der Waals surface area contributed by atoms with Gasteiger partial charge in [-0.2, -0.15) is 0 Å². The van der Waals surface area contributed by atoms with Crippen LogP contribution in [0.25, 0.3) is 0 Å². The molecular formula is C10H17NO4. The Balaban J connectivity index is 2.42. The second-order valence-electron chi connectivity index (χ2n) is 4.66. The highest BCUT2D eigenvalue weighted by Crippen LogP contribution is 2.12. The number of carbonyl (C=O) groups is 2. The maximum absolute atomic E-state index is 11.4. The first-order valence-electron chi connectivity index (χ1n) is 4.95. The Morgan fingerprint density at radius 2 is 2.20 bits per heavy atom. The number of hydrogen-bond donors (Lipinski definition) is 0. The monoisotopic (exact) mass is 215 g/mol. The van der Waals surface area contributed by atoms with Crippen molar-refractivity contribution < 1.29 is 19.1 Å². The first-order valence-corrected chi connectivity index (χ1v) is 4.95. The lowest BCUT2D eigenvalue weighted by molar-refractivity contribution is -0.155. The molecule has 86 valence electrons. The summed E-state index contributed by atoms with van der Waals surface area (Å²) in [4.78, 5) is 23.9. The average molecular weight is 215 g/mol. The fraction of sp³-hybridized carbons (Fsp3) is 0.800. The standard InChI is InChI=1S/C10H17NO4/c1-7-5-11(9(13)14-7)6-8(12)15-10(2,3)4/h7H,5-6H2,1-4H3/t7-/m1/s1. The molecule has 0 spiro atoms. The molecule has 1 fully saturated rings. The second kappa shape index (κ2) is 4.08. The van der Waals surface area contributed by atoms with Crippen molar-refractivity contribution in [1.29, 1.82) is 0 Å². The summed E-state index contributed by atoms with van der Waals surface area (Å²) in [6.45, 7) is 7.55. The molecule has 0 bridgehead atoms. The molecule has 0 radical (unpaired) electrons. The lowest BCUT2D eigenvalue weighted by atomic mass is 10.2. The predicted octanol–water partition coefficient (Wildman–Crippen LogP) is 1.17. The summed E-state index contributed by atoms with van der Waals surface area (Å²) in [5.41, 5.74) is -0.521. The minimum absolute atomic E-state index is 0.0412. The minimum Gasteiger partial charge on any atom is -0.459 e. The van der Waals surface area contributed by atoms with Crippen molar-refractivity contribution >= 4 is 12.1 Å². The van der Waals surface area contributed by atoms with Gasteiger partial charge in [0.25, 0.3) is 0 Å². The van der Waals surface area contributed by atoms with E-state index in [2.05, 4.69) is 0 Å². The zero-order chi connectivity index (χ0) is 11.6. The molecule has 1 aliphatic heterocycles. The average Bonchev–Trinajstić information content (AvgIpc) is 2.25. The highest BCUT2D eigenvalue weighted by atomic mass is 16.6. The smallest absolute Gasteiger partial charge is 0.410 e. The highest BCUT2D eigenvalue weighted by Gasteiger charge is 2.30. The maximum atomic E-state index is 11.4. The van der Waals surface area contributed by atoms with Crippen LogP contribution in [0.4, 0.5) is 4.79 Å². The summed E-state index contributed by atoms with van der Waals surface area (Å²) in [7, 11) is 0. The summed E-state index contributed by atoms with van der Waals surface area (Å²) >= 11 is 0. The van der Waals surface area contributed by atoms with E-state index < -0.39 is 17.7 Å².